The summed E-state index contributed by atoms with van der Waals surface area (Å²) < 4.78 is 53.7. The van der Waals surface area contributed by atoms with Gasteiger partial charge in [0.15, 0.2) is 5.03 Å². The standard InChI is InChI=1S/C29H29FN4O5S/c1-19(2)18-39-24-15-22(14-23(30)16-24)26-10-9-25(29(33-26)38-13-11-21-7-5-12-31-17-21)28(35)34-40(36,37)27-8-4-6-20(3)32-27/h4-10,12,14-17,19H,11,13,18H2,1-3H3,(H,34,35). The highest BCUT2D eigenvalue weighted by molar-refractivity contribution is 7.90. The topological polar surface area (TPSA) is 120 Å². The molecule has 0 saturated carbocycles. The van der Waals surface area contributed by atoms with Crippen LogP contribution < -0.4 is 14.2 Å². The first-order valence-corrected chi connectivity index (χ1v) is 14.1. The number of sulfonamides is 1. The van der Waals surface area contributed by atoms with Gasteiger partial charge in [0.1, 0.15) is 17.1 Å². The van der Waals surface area contributed by atoms with Crippen LogP contribution in [0.15, 0.2) is 78.1 Å². The van der Waals surface area contributed by atoms with Crippen molar-refractivity contribution in [3.8, 4) is 22.9 Å². The average molecular weight is 565 g/mol. The summed E-state index contributed by atoms with van der Waals surface area (Å²) in [5.41, 5.74) is 1.98. The van der Waals surface area contributed by atoms with Crippen LogP contribution in [0, 0.1) is 18.7 Å². The lowest BCUT2D eigenvalue weighted by molar-refractivity contribution is 0.0976. The predicted octanol–water partition coefficient (Wildman–Crippen LogP) is 4.76. The van der Waals surface area contributed by atoms with Crippen LogP contribution in [0.2, 0.25) is 0 Å². The molecule has 4 rings (SSSR count). The van der Waals surface area contributed by atoms with Crippen molar-refractivity contribution in [2.45, 2.75) is 32.2 Å². The zero-order chi connectivity index (χ0) is 28.7. The summed E-state index contributed by atoms with van der Waals surface area (Å²) in [6, 6.07) is 15.2. The van der Waals surface area contributed by atoms with Gasteiger partial charge < -0.3 is 9.47 Å². The maximum absolute atomic E-state index is 14.4. The van der Waals surface area contributed by atoms with Crippen LogP contribution in [0.1, 0.15) is 35.5 Å². The van der Waals surface area contributed by atoms with Crippen LogP contribution in [0.3, 0.4) is 0 Å². The van der Waals surface area contributed by atoms with Crippen molar-refractivity contribution in [1.29, 1.82) is 0 Å². The number of aromatic nitrogens is 3. The Bertz CT molecular complexity index is 1600. The van der Waals surface area contributed by atoms with E-state index in [0.717, 1.165) is 5.56 Å². The molecule has 40 heavy (non-hydrogen) atoms. The van der Waals surface area contributed by atoms with Gasteiger partial charge >= 0.3 is 0 Å². The maximum Gasteiger partial charge on any atom is 0.281 e. The van der Waals surface area contributed by atoms with Gasteiger partial charge in [-0.25, -0.2) is 19.1 Å². The predicted molar refractivity (Wildman–Crippen MR) is 147 cm³/mol. The molecule has 11 heteroatoms. The maximum atomic E-state index is 14.4. The normalized spacial score (nSPS) is 11.3. The number of amides is 1. The number of hydrogen-bond acceptors (Lipinski definition) is 8. The Labute approximate surface area is 232 Å². The van der Waals surface area contributed by atoms with Crippen molar-refractivity contribution in [3.05, 3.63) is 95.7 Å². The number of nitrogens with zero attached hydrogens (tertiary/aromatic N) is 3. The zero-order valence-corrected chi connectivity index (χ0v) is 23.1. The Balaban J connectivity index is 1.65. The van der Waals surface area contributed by atoms with E-state index in [-0.39, 0.29) is 29.0 Å². The Hall–Kier alpha value is -4.38. The lowest BCUT2D eigenvalue weighted by atomic mass is 10.1. The SMILES string of the molecule is Cc1cccc(S(=O)(=O)NC(=O)c2ccc(-c3cc(F)cc(OCC(C)C)c3)nc2OCCc2cccnc2)n1. The molecule has 1 amide bonds. The van der Waals surface area contributed by atoms with Crippen LogP contribution in [-0.2, 0) is 16.4 Å². The van der Waals surface area contributed by atoms with E-state index in [4.69, 9.17) is 9.47 Å². The number of carbonyl (C=O) groups is 1. The highest BCUT2D eigenvalue weighted by Gasteiger charge is 2.24. The summed E-state index contributed by atoms with van der Waals surface area (Å²) >= 11 is 0. The van der Waals surface area contributed by atoms with Crippen molar-refractivity contribution in [1.82, 2.24) is 19.7 Å². The number of aryl methyl sites for hydroxylation is 1. The van der Waals surface area contributed by atoms with Crippen molar-refractivity contribution >= 4 is 15.9 Å². The quantitative estimate of drug-likeness (QED) is 0.277. The van der Waals surface area contributed by atoms with Gasteiger partial charge in [-0.15, -0.1) is 0 Å². The monoisotopic (exact) mass is 564 g/mol. The number of halogens is 1. The number of nitrogens with one attached hydrogen (secondary N) is 1. The molecule has 208 valence electrons. The molecule has 0 fully saturated rings. The average Bonchev–Trinajstić information content (AvgIpc) is 2.92. The lowest BCUT2D eigenvalue weighted by Gasteiger charge is -2.14. The highest BCUT2D eigenvalue weighted by atomic mass is 32.2. The molecule has 0 bridgehead atoms. The zero-order valence-electron chi connectivity index (χ0n) is 22.3. The Kier molecular flexibility index (Phi) is 9.05. The third kappa shape index (κ3) is 7.60. The molecule has 0 unspecified atom stereocenters. The van der Waals surface area contributed by atoms with Gasteiger partial charge in [-0.2, -0.15) is 8.42 Å². The second-order valence-corrected chi connectivity index (χ2v) is 11.1. The smallest absolute Gasteiger partial charge is 0.281 e. The van der Waals surface area contributed by atoms with Gasteiger partial charge in [0.05, 0.1) is 18.9 Å². The minimum Gasteiger partial charge on any atom is -0.493 e. The van der Waals surface area contributed by atoms with Crippen LogP contribution in [0.25, 0.3) is 11.3 Å². The molecule has 3 heterocycles. The summed E-state index contributed by atoms with van der Waals surface area (Å²) in [4.78, 5) is 25.7. The lowest BCUT2D eigenvalue weighted by Crippen LogP contribution is -2.31. The molecule has 0 aliphatic heterocycles. The first-order valence-electron chi connectivity index (χ1n) is 12.6. The van der Waals surface area contributed by atoms with Gasteiger partial charge in [0.25, 0.3) is 15.9 Å². The number of hydrogen-bond donors (Lipinski definition) is 1. The van der Waals surface area contributed by atoms with E-state index in [1.54, 1.807) is 37.5 Å². The van der Waals surface area contributed by atoms with E-state index in [0.29, 0.717) is 35.7 Å². The summed E-state index contributed by atoms with van der Waals surface area (Å²) in [6.45, 7) is 6.14. The summed E-state index contributed by atoms with van der Waals surface area (Å²) in [6.07, 6.45) is 3.80. The molecule has 0 spiro atoms. The van der Waals surface area contributed by atoms with Gasteiger partial charge in [-0.3, -0.25) is 9.78 Å². The van der Waals surface area contributed by atoms with Gasteiger partial charge in [-0.05, 0) is 60.9 Å². The van der Waals surface area contributed by atoms with Crippen LogP contribution >= 0.6 is 0 Å². The molecule has 0 saturated heterocycles. The van der Waals surface area contributed by atoms with E-state index in [2.05, 4.69) is 15.0 Å². The Morgan fingerprint density at radius 1 is 1.02 bits per heavy atom. The largest absolute Gasteiger partial charge is 0.493 e. The molecular weight excluding hydrogens is 535 g/mol. The van der Waals surface area contributed by atoms with E-state index in [1.807, 2.05) is 24.6 Å². The molecule has 3 aromatic heterocycles. The summed E-state index contributed by atoms with van der Waals surface area (Å²) in [7, 11) is -4.27. The molecule has 0 aliphatic carbocycles. The minimum atomic E-state index is -4.27. The number of rotatable bonds is 11. The van der Waals surface area contributed by atoms with Crippen molar-refractivity contribution in [2.75, 3.05) is 13.2 Å². The minimum absolute atomic E-state index is 0.111. The van der Waals surface area contributed by atoms with Gasteiger partial charge in [0.2, 0.25) is 5.88 Å². The summed E-state index contributed by atoms with van der Waals surface area (Å²) in [5, 5.41) is -0.293. The van der Waals surface area contributed by atoms with Crippen LogP contribution in [0.5, 0.6) is 11.6 Å². The van der Waals surface area contributed by atoms with E-state index < -0.39 is 21.7 Å². The van der Waals surface area contributed by atoms with E-state index in [1.165, 1.54) is 36.4 Å². The summed E-state index contributed by atoms with van der Waals surface area (Å²) in [5.74, 6) is -0.994. The molecule has 9 nitrogen and oxygen atoms in total. The van der Waals surface area contributed by atoms with Crippen molar-refractivity contribution in [3.63, 3.8) is 0 Å². The molecular formula is C29H29FN4O5S. The third-order valence-electron chi connectivity index (χ3n) is 5.57. The van der Waals surface area contributed by atoms with Crippen LogP contribution in [0.4, 0.5) is 4.39 Å². The van der Waals surface area contributed by atoms with Crippen LogP contribution in [-0.4, -0.2) is 42.5 Å². The molecule has 1 N–H and O–H groups in total. The Morgan fingerprint density at radius 3 is 2.58 bits per heavy atom. The highest BCUT2D eigenvalue weighted by Crippen LogP contribution is 2.28. The molecule has 0 atom stereocenters. The first-order chi connectivity index (χ1) is 19.1. The second kappa shape index (κ2) is 12.6. The fraction of sp³-hybridized carbons (Fsp3) is 0.241. The number of carbonyl (C=O) groups excluding carboxylic acids is 1. The molecule has 0 radical (unpaired) electrons. The van der Waals surface area contributed by atoms with E-state index in [9.17, 15) is 17.6 Å². The first kappa shape index (κ1) is 28.6. The van der Waals surface area contributed by atoms with Crippen molar-refractivity contribution in [2.24, 2.45) is 5.92 Å². The fourth-order valence-electron chi connectivity index (χ4n) is 3.65. The fourth-order valence-corrected chi connectivity index (χ4v) is 4.63. The molecule has 0 aliphatic rings. The third-order valence-corrected chi connectivity index (χ3v) is 6.80. The van der Waals surface area contributed by atoms with E-state index >= 15 is 0 Å². The van der Waals surface area contributed by atoms with Crippen molar-refractivity contribution < 1.29 is 27.1 Å². The molecule has 4 aromatic rings. The number of ether oxygens (including phenoxy) is 2. The molecule has 1 aromatic carbocycles. The Morgan fingerprint density at radius 2 is 1.85 bits per heavy atom. The van der Waals surface area contributed by atoms with Gasteiger partial charge in [-0.1, -0.05) is 26.0 Å². The van der Waals surface area contributed by atoms with Gasteiger partial charge in [0, 0.05) is 36.1 Å². The number of pyridine rings is 3. The number of benzene rings is 1. The second-order valence-electron chi connectivity index (χ2n) is 9.44.